The van der Waals surface area contributed by atoms with E-state index in [-0.39, 0.29) is 29.2 Å². The molecular weight excluding hydrogens is 208 g/mol. The number of rotatable bonds is 2. The SMILES string of the molecule is NC1CCCC1NC(=O)c1ccc(=O)[nH]n1. The van der Waals surface area contributed by atoms with Crippen LogP contribution in [0.4, 0.5) is 0 Å². The molecule has 0 aliphatic heterocycles. The minimum Gasteiger partial charge on any atom is -0.346 e. The van der Waals surface area contributed by atoms with Crippen LogP contribution in [0.5, 0.6) is 0 Å². The highest BCUT2D eigenvalue weighted by Gasteiger charge is 2.25. The molecule has 1 amide bonds. The Morgan fingerprint density at radius 1 is 1.50 bits per heavy atom. The highest BCUT2D eigenvalue weighted by Crippen LogP contribution is 2.17. The number of carbonyl (C=O) groups is 1. The first-order valence-electron chi connectivity index (χ1n) is 5.29. The largest absolute Gasteiger partial charge is 0.346 e. The van der Waals surface area contributed by atoms with E-state index in [1.165, 1.54) is 12.1 Å². The number of aromatic nitrogens is 2. The first-order chi connectivity index (χ1) is 7.66. The summed E-state index contributed by atoms with van der Waals surface area (Å²) in [5, 5.41) is 8.69. The number of carbonyl (C=O) groups excluding carboxylic acids is 1. The van der Waals surface area contributed by atoms with Crippen LogP contribution < -0.4 is 16.6 Å². The summed E-state index contributed by atoms with van der Waals surface area (Å²) >= 11 is 0. The van der Waals surface area contributed by atoms with E-state index in [0.717, 1.165) is 19.3 Å². The third-order valence-electron chi connectivity index (χ3n) is 2.80. The number of amides is 1. The molecule has 4 N–H and O–H groups in total. The molecule has 1 heterocycles. The molecule has 16 heavy (non-hydrogen) atoms. The smallest absolute Gasteiger partial charge is 0.271 e. The number of H-pyrrole nitrogens is 1. The van der Waals surface area contributed by atoms with E-state index in [9.17, 15) is 9.59 Å². The highest BCUT2D eigenvalue weighted by atomic mass is 16.2. The van der Waals surface area contributed by atoms with E-state index in [1.54, 1.807) is 0 Å². The van der Waals surface area contributed by atoms with Crippen molar-refractivity contribution in [2.24, 2.45) is 5.73 Å². The Balaban J connectivity index is 2.02. The van der Waals surface area contributed by atoms with Gasteiger partial charge in [-0.15, -0.1) is 0 Å². The molecule has 0 aromatic carbocycles. The van der Waals surface area contributed by atoms with Crippen LogP contribution in [0.1, 0.15) is 29.8 Å². The first-order valence-corrected chi connectivity index (χ1v) is 5.29. The van der Waals surface area contributed by atoms with Crippen molar-refractivity contribution in [2.45, 2.75) is 31.3 Å². The second kappa shape index (κ2) is 4.44. The molecular formula is C10H14N4O2. The van der Waals surface area contributed by atoms with Gasteiger partial charge < -0.3 is 11.1 Å². The lowest BCUT2D eigenvalue weighted by Crippen LogP contribution is -2.44. The summed E-state index contributed by atoms with van der Waals surface area (Å²) in [4.78, 5) is 22.5. The molecule has 0 bridgehead atoms. The van der Waals surface area contributed by atoms with Gasteiger partial charge in [-0.25, -0.2) is 5.10 Å². The van der Waals surface area contributed by atoms with Crippen molar-refractivity contribution in [1.82, 2.24) is 15.5 Å². The minimum absolute atomic E-state index is 0.0150. The predicted molar refractivity (Wildman–Crippen MR) is 57.9 cm³/mol. The number of nitrogens with zero attached hydrogens (tertiary/aromatic N) is 1. The Morgan fingerprint density at radius 3 is 2.88 bits per heavy atom. The maximum atomic E-state index is 11.7. The molecule has 1 fully saturated rings. The second-order valence-corrected chi connectivity index (χ2v) is 3.98. The van der Waals surface area contributed by atoms with Crippen molar-refractivity contribution in [3.63, 3.8) is 0 Å². The van der Waals surface area contributed by atoms with Crippen molar-refractivity contribution >= 4 is 5.91 Å². The van der Waals surface area contributed by atoms with Gasteiger partial charge in [-0.3, -0.25) is 9.59 Å². The van der Waals surface area contributed by atoms with E-state index >= 15 is 0 Å². The third kappa shape index (κ3) is 2.27. The molecule has 1 aromatic rings. The van der Waals surface area contributed by atoms with Crippen LogP contribution in [0.2, 0.25) is 0 Å². The van der Waals surface area contributed by atoms with Crippen molar-refractivity contribution in [3.05, 3.63) is 28.2 Å². The Labute approximate surface area is 92.2 Å². The lowest BCUT2D eigenvalue weighted by atomic mass is 10.2. The van der Waals surface area contributed by atoms with Gasteiger partial charge in [-0.2, -0.15) is 5.10 Å². The van der Waals surface area contributed by atoms with Gasteiger partial charge in [0.25, 0.3) is 11.5 Å². The normalized spacial score (nSPS) is 24.3. The van der Waals surface area contributed by atoms with Gasteiger partial charge >= 0.3 is 0 Å². The maximum absolute atomic E-state index is 11.7. The topological polar surface area (TPSA) is 101 Å². The van der Waals surface area contributed by atoms with Crippen LogP contribution in [0.3, 0.4) is 0 Å². The summed E-state index contributed by atoms with van der Waals surface area (Å²) in [6.45, 7) is 0. The van der Waals surface area contributed by atoms with Crippen LogP contribution in [0.25, 0.3) is 0 Å². The summed E-state index contributed by atoms with van der Waals surface area (Å²) in [5.41, 5.74) is 5.72. The molecule has 1 saturated carbocycles. The first kappa shape index (κ1) is 10.8. The highest BCUT2D eigenvalue weighted by molar-refractivity contribution is 5.92. The number of aromatic amines is 1. The van der Waals surface area contributed by atoms with E-state index < -0.39 is 0 Å². The van der Waals surface area contributed by atoms with Gasteiger partial charge in [0.1, 0.15) is 5.69 Å². The molecule has 2 atom stereocenters. The molecule has 6 nitrogen and oxygen atoms in total. The van der Waals surface area contributed by atoms with E-state index in [2.05, 4.69) is 15.5 Å². The molecule has 2 unspecified atom stereocenters. The fraction of sp³-hybridized carbons (Fsp3) is 0.500. The molecule has 0 saturated heterocycles. The lowest BCUT2D eigenvalue weighted by Gasteiger charge is -2.16. The summed E-state index contributed by atoms with van der Waals surface area (Å²) < 4.78 is 0. The van der Waals surface area contributed by atoms with Gasteiger partial charge in [-0.1, -0.05) is 0 Å². The van der Waals surface area contributed by atoms with Crippen LogP contribution in [-0.2, 0) is 0 Å². The molecule has 2 rings (SSSR count). The number of nitrogens with one attached hydrogen (secondary N) is 2. The Morgan fingerprint density at radius 2 is 2.31 bits per heavy atom. The third-order valence-corrected chi connectivity index (χ3v) is 2.80. The fourth-order valence-electron chi connectivity index (χ4n) is 1.88. The van der Waals surface area contributed by atoms with Gasteiger partial charge in [0.2, 0.25) is 0 Å². The quantitative estimate of drug-likeness (QED) is 0.620. The van der Waals surface area contributed by atoms with Crippen molar-refractivity contribution < 1.29 is 4.79 Å². The molecule has 1 aliphatic rings. The molecule has 1 aliphatic carbocycles. The predicted octanol–water partition coefficient (Wildman–Crippen LogP) is -0.621. The molecule has 1 aromatic heterocycles. The average Bonchev–Trinajstić information content (AvgIpc) is 2.65. The van der Waals surface area contributed by atoms with Gasteiger partial charge in [0.05, 0.1) is 0 Å². The van der Waals surface area contributed by atoms with Crippen LogP contribution in [0, 0.1) is 0 Å². The zero-order valence-electron chi connectivity index (χ0n) is 8.77. The maximum Gasteiger partial charge on any atom is 0.271 e. The summed E-state index contributed by atoms with van der Waals surface area (Å²) in [6.07, 6.45) is 2.87. The Kier molecular flexibility index (Phi) is 3.00. The van der Waals surface area contributed by atoms with Crippen LogP contribution in [0.15, 0.2) is 16.9 Å². The fourth-order valence-corrected chi connectivity index (χ4v) is 1.88. The molecule has 6 heteroatoms. The number of hydrogen-bond acceptors (Lipinski definition) is 4. The van der Waals surface area contributed by atoms with Crippen molar-refractivity contribution in [1.29, 1.82) is 0 Å². The second-order valence-electron chi connectivity index (χ2n) is 3.98. The lowest BCUT2D eigenvalue weighted by molar-refractivity contribution is 0.0928. The molecule has 0 spiro atoms. The molecule has 0 radical (unpaired) electrons. The standard InChI is InChI=1S/C10H14N4O2/c11-6-2-1-3-7(6)12-10(16)8-4-5-9(15)14-13-8/h4-7H,1-3,11H2,(H,12,16)(H,14,15). The zero-order valence-corrected chi connectivity index (χ0v) is 8.77. The van der Waals surface area contributed by atoms with E-state index in [0.29, 0.717) is 0 Å². The monoisotopic (exact) mass is 222 g/mol. The van der Waals surface area contributed by atoms with Gasteiger partial charge in [-0.05, 0) is 25.3 Å². The van der Waals surface area contributed by atoms with E-state index in [1.807, 2.05) is 0 Å². The summed E-state index contributed by atoms with van der Waals surface area (Å²) in [6, 6.07) is 2.71. The van der Waals surface area contributed by atoms with Gasteiger partial charge in [0, 0.05) is 18.2 Å². The average molecular weight is 222 g/mol. The zero-order chi connectivity index (χ0) is 11.5. The molecule has 86 valence electrons. The van der Waals surface area contributed by atoms with Crippen LogP contribution >= 0.6 is 0 Å². The minimum atomic E-state index is -0.325. The van der Waals surface area contributed by atoms with Crippen molar-refractivity contribution in [3.8, 4) is 0 Å². The Hall–Kier alpha value is -1.69. The summed E-state index contributed by atoms with van der Waals surface area (Å²) in [5.74, 6) is -0.293. The van der Waals surface area contributed by atoms with E-state index in [4.69, 9.17) is 5.73 Å². The number of hydrogen-bond donors (Lipinski definition) is 3. The number of nitrogens with two attached hydrogens (primary N) is 1. The van der Waals surface area contributed by atoms with Gasteiger partial charge in [0.15, 0.2) is 0 Å². The van der Waals surface area contributed by atoms with Crippen molar-refractivity contribution in [2.75, 3.05) is 0 Å². The van der Waals surface area contributed by atoms with Crippen LogP contribution in [-0.4, -0.2) is 28.2 Å². The summed E-state index contributed by atoms with van der Waals surface area (Å²) in [7, 11) is 0. The Bertz CT molecular complexity index is 422.